The Bertz CT molecular complexity index is 1500. The van der Waals surface area contributed by atoms with Crippen molar-refractivity contribution < 1.29 is 27.2 Å². The average Bonchev–Trinajstić information content (AvgIpc) is 3.66. The van der Waals surface area contributed by atoms with Gasteiger partial charge in [0.1, 0.15) is 11.6 Å². The smallest absolute Gasteiger partial charge is 0.264 e. The Morgan fingerprint density at radius 2 is 1.89 bits per heavy atom. The average molecular weight is 520 g/mol. The maximum atomic E-state index is 15.0. The fraction of sp³-hybridized carbons (Fsp3) is 0.400. The van der Waals surface area contributed by atoms with Crippen LogP contribution in [0.1, 0.15) is 38.2 Å². The van der Waals surface area contributed by atoms with Gasteiger partial charge in [-0.2, -0.15) is 0 Å². The third-order valence-corrected chi connectivity index (χ3v) is 9.03. The van der Waals surface area contributed by atoms with Gasteiger partial charge in [-0.1, -0.05) is 25.0 Å². The molecule has 1 heterocycles. The molecule has 36 heavy (non-hydrogen) atoms. The molecule has 0 saturated heterocycles. The molecule has 1 aliphatic carbocycles. The summed E-state index contributed by atoms with van der Waals surface area (Å²) >= 11 is 0. The molecular formula is C25H27F2N3O5S. The molecule has 3 aromatic rings. The molecule has 2 aromatic carbocycles. The highest BCUT2D eigenvalue weighted by atomic mass is 32.2. The summed E-state index contributed by atoms with van der Waals surface area (Å²) in [4.78, 5) is 29.1. The minimum atomic E-state index is -3.96. The fourth-order valence-corrected chi connectivity index (χ4v) is 5.02. The van der Waals surface area contributed by atoms with Gasteiger partial charge in [-0.3, -0.25) is 19.4 Å². The predicted octanol–water partition coefficient (Wildman–Crippen LogP) is 3.38. The molecule has 1 aliphatic rings. The van der Waals surface area contributed by atoms with Crippen molar-refractivity contribution >= 4 is 26.6 Å². The van der Waals surface area contributed by atoms with Gasteiger partial charge in [0.05, 0.1) is 17.2 Å². The van der Waals surface area contributed by atoms with E-state index in [1.807, 2.05) is 0 Å². The third-order valence-electron chi connectivity index (χ3n) is 7.00. The lowest BCUT2D eigenvalue weighted by Gasteiger charge is -2.25. The second-order valence-electron chi connectivity index (χ2n) is 9.58. The molecule has 8 nitrogen and oxygen atoms in total. The zero-order valence-corrected chi connectivity index (χ0v) is 20.7. The van der Waals surface area contributed by atoms with Crippen LogP contribution in [0, 0.1) is 17.6 Å². The van der Waals surface area contributed by atoms with Crippen molar-refractivity contribution in [2.45, 2.75) is 50.3 Å². The number of hydroxylamine groups is 1. The number of benzene rings is 2. The summed E-state index contributed by atoms with van der Waals surface area (Å²) < 4.78 is 53.2. The van der Waals surface area contributed by atoms with Crippen LogP contribution < -0.4 is 11.0 Å². The van der Waals surface area contributed by atoms with Crippen molar-refractivity contribution in [3.8, 4) is 11.1 Å². The molecule has 0 aliphatic heterocycles. The summed E-state index contributed by atoms with van der Waals surface area (Å²) in [7, 11) is -3.96. The van der Waals surface area contributed by atoms with Crippen LogP contribution in [0.5, 0.6) is 0 Å². The van der Waals surface area contributed by atoms with Gasteiger partial charge >= 0.3 is 0 Å². The minimum absolute atomic E-state index is 0.0253. The summed E-state index contributed by atoms with van der Waals surface area (Å²) in [5.41, 5.74) is 1.72. The molecular weight excluding hydrogens is 492 g/mol. The van der Waals surface area contributed by atoms with Crippen molar-refractivity contribution in [3.05, 3.63) is 64.2 Å². The highest BCUT2D eigenvalue weighted by Crippen LogP contribution is 2.34. The van der Waals surface area contributed by atoms with Crippen LogP contribution in [0.2, 0.25) is 0 Å². The van der Waals surface area contributed by atoms with Gasteiger partial charge in [-0.05, 0) is 55.9 Å². The molecule has 0 unspecified atom stereocenters. The Hall–Kier alpha value is -3.18. The molecule has 4 rings (SSSR count). The number of halogens is 2. The first-order chi connectivity index (χ1) is 16.9. The van der Waals surface area contributed by atoms with E-state index in [4.69, 9.17) is 5.21 Å². The van der Waals surface area contributed by atoms with E-state index >= 15 is 4.39 Å². The quantitative estimate of drug-likeness (QED) is 0.331. The number of carbonyl (C=O) groups excluding carboxylic acids is 1. The minimum Gasteiger partial charge on any atom is -0.299 e. The van der Waals surface area contributed by atoms with Crippen LogP contribution >= 0.6 is 0 Å². The van der Waals surface area contributed by atoms with E-state index in [0.717, 1.165) is 48.5 Å². The van der Waals surface area contributed by atoms with Crippen molar-refractivity contribution in [2.75, 3.05) is 6.26 Å². The van der Waals surface area contributed by atoms with Gasteiger partial charge in [-0.25, -0.2) is 27.7 Å². The molecule has 192 valence electrons. The Morgan fingerprint density at radius 1 is 1.19 bits per heavy atom. The first-order valence-corrected chi connectivity index (χ1v) is 13.5. The number of carbonyl (C=O) groups is 1. The number of nitrogens with one attached hydrogen (secondary N) is 1. The van der Waals surface area contributed by atoms with Crippen LogP contribution in [0.4, 0.5) is 8.78 Å². The van der Waals surface area contributed by atoms with Gasteiger partial charge in [0.25, 0.3) is 11.5 Å². The van der Waals surface area contributed by atoms with Crippen molar-refractivity contribution in [2.24, 2.45) is 5.92 Å². The summed E-state index contributed by atoms with van der Waals surface area (Å²) in [5, 5.41) is 8.87. The van der Waals surface area contributed by atoms with E-state index in [1.54, 1.807) is 6.07 Å². The molecule has 1 atom stereocenters. The third kappa shape index (κ3) is 5.03. The maximum absolute atomic E-state index is 15.0. The molecule has 2 N–H and O–H groups in total. The largest absolute Gasteiger partial charge is 0.299 e. The second kappa shape index (κ2) is 9.70. The highest BCUT2D eigenvalue weighted by Gasteiger charge is 2.43. The highest BCUT2D eigenvalue weighted by molar-refractivity contribution is 7.92. The second-order valence-corrected chi connectivity index (χ2v) is 12.0. The van der Waals surface area contributed by atoms with Crippen molar-refractivity contribution in [3.63, 3.8) is 0 Å². The first-order valence-electron chi connectivity index (χ1n) is 11.6. The lowest BCUT2D eigenvalue weighted by Crippen LogP contribution is -2.50. The van der Waals surface area contributed by atoms with Gasteiger partial charge in [-0.15, -0.1) is 0 Å². The standard InChI is InChI=1S/C25H27F2N3O5S/c1-25(24(32)29-33,36(2,34)35)9-10-30-14-28-22-13-18(21(27)12-19(22)23(30)31)17-8-7-16(11-20(17)26)6-5-15-3-4-15/h7-8,11-15,33H,3-6,9-10H2,1-2H3,(H,29,32)/t25-/m1/s1. The van der Waals surface area contributed by atoms with Crippen LogP contribution in [0.3, 0.4) is 0 Å². The van der Waals surface area contributed by atoms with E-state index in [0.29, 0.717) is 5.92 Å². The van der Waals surface area contributed by atoms with E-state index in [9.17, 15) is 22.4 Å². The molecule has 0 radical (unpaired) electrons. The maximum Gasteiger partial charge on any atom is 0.264 e. The van der Waals surface area contributed by atoms with Gasteiger partial charge < -0.3 is 0 Å². The molecule has 0 spiro atoms. The molecule has 1 amide bonds. The predicted molar refractivity (Wildman–Crippen MR) is 130 cm³/mol. The number of aryl methyl sites for hydroxylation is 2. The van der Waals surface area contributed by atoms with Crippen LogP contribution in [-0.4, -0.2) is 40.1 Å². The lowest BCUT2D eigenvalue weighted by molar-refractivity contribution is -0.131. The Balaban J connectivity index is 1.63. The fourth-order valence-electron chi connectivity index (χ4n) is 4.17. The Morgan fingerprint density at radius 3 is 2.50 bits per heavy atom. The first kappa shape index (κ1) is 25.9. The molecule has 1 aromatic heterocycles. The Kier molecular flexibility index (Phi) is 6.98. The number of amides is 1. The van der Waals surface area contributed by atoms with Crippen molar-refractivity contribution in [1.29, 1.82) is 0 Å². The van der Waals surface area contributed by atoms with E-state index in [2.05, 4.69) is 4.98 Å². The molecule has 1 saturated carbocycles. The molecule has 11 heteroatoms. The summed E-state index contributed by atoms with van der Waals surface area (Å²) in [6.45, 7) is 0.893. The van der Waals surface area contributed by atoms with Crippen LogP contribution in [-0.2, 0) is 27.6 Å². The Labute approximate surface area is 206 Å². The number of rotatable bonds is 9. The van der Waals surface area contributed by atoms with E-state index in [1.165, 1.54) is 36.5 Å². The van der Waals surface area contributed by atoms with Crippen LogP contribution in [0.15, 0.2) is 41.5 Å². The zero-order valence-electron chi connectivity index (χ0n) is 19.9. The summed E-state index contributed by atoms with van der Waals surface area (Å²) in [5.74, 6) is -1.78. The van der Waals surface area contributed by atoms with E-state index < -0.39 is 37.7 Å². The number of fused-ring (bicyclic) bond motifs is 1. The molecule has 1 fully saturated rings. The van der Waals surface area contributed by atoms with Crippen molar-refractivity contribution in [1.82, 2.24) is 15.0 Å². The number of nitrogens with zero attached hydrogens (tertiary/aromatic N) is 2. The normalized spacial score (nSPS) is 15.6. The van der Waals surface area contributed by atoms with Gasteiger partial charge in [0.15, 0.2) is 14.6 Å². The topological polar surface area (TPSA) is 118 Å². The summed E-state index contributed by atoms with van der Waals surface area (Å²) in [6, 6.07) is 7.00. The zero-order chi connectivity index (χ0) is 26.3. The number of aromatic nitrogens is 2. The van der Waals surface area contributed by atoms with E-state index in [-0.39, 0.29) is 35.0 Å². The number of sulfone groups is 1. The lowest BCUT2D eigenvalue weighted by atomic mass is 9.99. The van der Waals surface area contributed by atoms with Gasteiger partial charge in [0, 0.05) is 23.9 Å². The molecule has 0 bridgehead atoms. The SMILES string of the molecule is C[C@@](CCn1cnc2cc(-c3ccc(CCC4CC4)cc3F)c(F)cc2c1=O)(C(=O)NO)S(C)(=O)=O. The monoisotopic (exact) mass is 519 g/mol. The summed E-state index contributed by atoms with van der Waals surface area (Å²) in [6.07, 6.45) is 5.86. The van der Waals surface area contributed by atoms with Crippen LogP contribution in [0.25, 0.3) is 22.0 Å². The number of hydrogen-bond donors (Lipinski definition) is 2. The number of hydrogen-bond acceptors (Lipinski definition) is 6. The van der Waals surface area contributed by atoms with Gasteiger partial charge in [0.2, 0.25) is 0 Å².